The molecule has 0 aliphatic carbocycles. The van der Waals surface area contributed by atoms with Crippen molar-refractivity contribution in [1.29, 1.82) is 0 Å². The van der Waals surface area contributed by atoms with Crippen LogP contribution in [0.3, 0.4) is 0 Å². The fraction of sp³-hybridized carbons (Fsp3) is 0.462. The Morgan fingerprint density at radius 3 is 2.83 bits per heavy atom. The summed E-state index contributed by atoms with van der Waals surface area (Å²) in [5.74, 6) is -0.344. The minimum absolute atomic E-state index is 0.344. The first-order valence-corrected chi connectivity index (χ1v) is 6.43. The van der Waals surface area contributed by atoms with Crippen LogP contribution < -0.4 is 10.6 Å². The molecular formula is C13H17ClN2O2. The topological polar surface area (TPSA) is 50.4 Å². The van der Waals surface area contributed by atoms with Gasteiger partial charge in [-0.15, -0.1) is 0 Å². The Bertz CT molecular complexity index is 431. The van der Waals surface area contributed by atoms with E-state index < -0.39 is 0 Å². The summed E-state index contributed by atoms with van der Waals surface area (Å²) < 4.78 is 4.77. The molecule has 1 aliphatic heterocycles. The number of anilines is 1. The van der Waals surface area contributed by atoms with Gasteiger partial charge in [-0.3, -0.25) is 0 Å². The zero-order valence-electron chi connectivity index (χ0n) is 10.3. The summed E-state index contributed by atoms with van der Waals surface area (Å²) >= 11 is 5.98. The summed E-state index contributed by atoms with van der Waals surface area (Å²) in [5, 5.41) is 7.29. The summed E-state index contributed by atoms with van der Waals surface area (Å²) in [6.45, 7) is 1.98. The van der Waals surface area contributed by atoms with E-state index in [1.165, 1.54) is 7.11 Å². The molecule has 0 bridgehead atoms. The van der Waals surface area contributed by atoms with Crippen LogP contribution in [0, 0.1) is 0 Å². The molecule has 0 amide bonds. The van der Waals surface area contributed by atoms with Crippen molar-refractivity contribution in [3.8, 4) is 0 Å². The molecule has 0 saturated carbocycles. The van der Waals surface area contributed by atoms with Gasteiger partial charge in [-0.1, -0.05) is 11.6 Å². The lowest BCUT2D eigenvalue weighted by Crippen LogP contribution is -2.35. The summed E-state index contributed by atoms with van der Waals surface area (Å²) in [6.07, 6.45) is 2.07. The van der Waals surface area contributed by atoms with Crippen LogP contribution in [0.2, 0.25) is 5.02 Å². The zero-order valence-corrected chi connectivity index (χ0v) is 11.1. The van der Waals surface area contributed by atoms with Crippen molar-refractivity contribution in [1.82, 2.24) is 5.32 Å². The fourth-order valence-electron chi connectivity index (χ4n) is 2.11. The second kappa shape index (κ2) is 6.07. The maximum Gasteiger partial charge on any atom is 0.339 e. The van der Waals surface area contributed by atoms with E-state index in [9.17, 15) is 4.79 Å². The highest BCUT2D eigenvalue weighted by Crippen LogP contribution is 2.24. The molecule has 1 aromatic carbocycles. The van der Waals surface area contributed by atoms with Gasteiger partial charge in [-0.2, -0.15) is 0 Å². The largest absolute Gasteiger partial charge is 0.465 e. The Labute approximate surface area is 112 Å². The summed E-state index contributed by atoms with van der Waals surface area (Å²) in [6, 6.07) is 5.53. The number of hydrogen-bond acceptors (Lipinski definition) is 4. The van der Waals surface area contributed by atoms with E-state index in [2.05, 4.69) is 10.6 Å². The zero-order chi connectivity index (χ0) is 13.0. The molecule has 2 N–H and O–H groups in total. The predicted octanol–water partition coefficient (Wildman–Crippen LogP) is 2.29. The number of ether oxygens (including phenoxy) is 1. The molecule has 1 aliphatic rings. The molecule has 4 nitrogen and oxygen atoms in total. The van der Waals surface area contributed by atoms with E-state index in [4.69, 9.17) is 16.3 Å². The monoisotopic (exact) mass is 268 g/mol. The Kier molecular flexibility index (Phi) is 4.44. The Hall–Kier alpha value is -1.26. The molecular weight excluding hydrogens is 252 g/mol. The van der Waals surface area contributed by atoms with E-state index in [-0.39, 0.29) is 5.97 Å². The van der Waals surface area contributed by atoms with Crippen molar-refractivity contribution >= 4 is 23.3 Å². The number of rotatable bonds is 3. The number of halogens is 1. The average molecular weight is 269 g/mol. The quantitative estimate of drug-likeness (QED) is 0.826. The van der Waals surface area contributed by atoms with E-state index in [0.29, 0.717) is 16.6 Å². The summed E-state index contributed by atoms with van der Waals surface area (Å²) in [5.41, 5.74) is 1.28. The van der Waals surface area contributed by atoms with Gasteiger partial charge in [0.25, 0.3) is 0 Å². The minimum atomic E-state index is -0.344. The number of piperidine rings is 1. The Morgan fingerprint density at radius 1 is 1.44 bits per heavy atom. The number of nitrogens with one attached hydrogen (secondary N) is 2. The van der Waals surface area contributed by atoms with Crippen molar-refractivity contribution in [3.63, 3.8) is 0 Å². The smallest absolute Gasteiger partial charge is 0.339 e. The highest BCUT2D eigenvalue weighted by Gasteiger charge is 2.17. The van der Waals surface area contributed by atoms with Crippen LogP contribution >= 0.6 is 11.6 Å². The number of hydrogen-bond donors (Lipinski definition) is 2. The van der Waals surface area contributed by atoms with Crippen LogP contribution in [0.4, 0.5) is 5.69 Å². The third-order valence-corrected chi connectivity index (χ3v) is 3.32. The minimum Gasteiger partial charge on any atom is -0.465 e. The Morgan fingerprint density at radius 2 is 2.17 bits per heavy atom. The van der Waals surface area contributed by atoms with Crippen LogP contribution in [-0.4, -0.2) is 32.2 Å². The average Bonchev–Trinajstić information content (AvgIpc) is 2.39. The third-order valence-electron chi connectivity index (χ3n) is 3.09. The van der Waals surface area contributed by atoms with E-state index in [0.717, 1.165) is 31.6 Å². The molecule has 0 spiro atoms. The second-order valence-electron chi connectivity index (χ2n) is 4.35. The predicted molar refractivity (Wildman–Crippen MR) is 72.3 cm³/mol. The first kappa shape index (κ1) is 13.2. The first-order valence-electron chi connectivity index (χ1n) is 6.06. The molecule has 1 saturated heterocycles. The molecule has 18 heavy (non-hydrogen) atoms. The van der Waals surface area contributed by atoms with Gasteiger partial charge in [0, 0.05) is 11.1 Å². The van der Waals surface area contributed by atoms with Crippen LogP contribution in [0.15, 0.2) is 18.2 Å². The number of methoxy groups -OCH3 is 1. The van der Waals surface area contributed by atoms with Crippen LogP contribution in [-0.2, 0) is 4.74 Å². The van der Waals surface area contributed by atoms with E-state index in [1.54, 1.807) is 18.2 Å². The van der Waals surface area contributed by atoms with E-state index in [1.807, 2.05) is 0 Å². The standard InChI is InChI=1S/C13H17ClN2O2/c1-18-13(17)11-3-2-9(14)8-12(11)16-10-4-6-15-7-5-10/h2-3,8,10,15-16H,4-7H2,1H3. The molecule has 1 heterocycles. The third kappa shape index (κ3) is 3.15. The van der Waals surface area contributed by atoms with Gasteiger partial charge in [0.2, 0.25) is 0 Å². The molecule has 0 atom stereocenters. The van der Waals surface area contributed by atoms with Crippen LogP contribution in [0.1, 0.15) is 23.2 Å². The highest BCUT2D eigenvalue weighted by atomic mass is 35.5. The molecule has 0 aromatic heterocycles. The Balaban J connectivity index is 2.18. The lowest BCUT2D eigenvalue weighted by Gasteiger charge is -2.25. The summed E-state index contributed by atoms with van der Waals surface area (Å²) in [7, 11) is 1.38. The summed E-state index contributed by atoms with van der Waals surface area (Å²) in [4.78, 5) is 11.7. The first-order chi connectivity index (χ1) is 8.70. The number of esters is 1. The molecule has 1 fully saturated rings. The number of carbonyl (C=O) groups excluding carboxylic acids is 1. The van der Waals surface area contributed by atoms with Crippen LogP contribution in [0.25, 0.3) is 0 Å². The van der Waals surface area contributed by atoms with Gasteiger partial charge in [0.05, 0.1) is 18.4 Å². The van der Waals surface area contributed by atoms with Gasteiger partial charge in [0.15, 0.2) is 0 Å². The van der Waals surface area contributed by atoms with Crippen molar-refractivity contribution in [2.75, 3.05) is 25.5 Å². The molecule has 2 rings (SSSR count). The van der Waals surface area contributed by atoms with E-state index >= 15 is 0 Å². The number of benzene rings is 1. The van der Waals surface area contributed by atoms with Gasteiger partial charge in [-0.05, 0) is 44.1 Å². The molecule has 5 heteroatoms. The second-order valence-corrected chi connectivity index (χ2v) is 4.79. The highest BCUT2D eigenvalue weighted by molar-refractivity contribution is 6.31. The maximum atomic E-state index is 11.7. The maximum absolute atomic E-state index is 11.7. The van der Waals surface area contributed by atoms with Crippen molar-refractivity contribution in [2.24, 2.45) is 0 Å². The fourth-order valence-corrected chi connectivity index (χ4v) is 2.28. The normalized spacial score (nSPS) is 16.3. The SMILES string of the molecule is COC(=O)c1ccc(Cl)cc1NC1CCNCC1. The van der Waals surface area contributed by atoms with Crippen molar-refractivity contribution in [3.05, 3.63) is 28.8 Å². The lowest BCUT2D eigenvalue weighted by atomic mass is 10.1. The molecule has 0 radical (unpaired) electrons. The van der Waals surface area contributed by atoms with Gasteiger partial charge < -0.3 is 15.4 Å². The van der Waals surface area contributed by atoms with Crippen molar-refractivity contribution in [2.45, 2.75) is 18.9 Å². The van der Waals surface area contributed by atoms with Crippen LogP contribution in [0.5, 0.6) is 0 Å². The number of carbonyl (C=O) groups is 1. The van der Waals surface area contributed by atoms with Crippen molar-refractivity contribution < 1.29 is 9.53 Å². The molecule has 98 valence electrons. The van der Waals surface area contributed by atoms with Gasteiger partial charge >= 0.3 is 5.97 Å². The van der Waals surface area contributed by atoms with Gasteiger partial charge in [0.1, 0.15) is 0 Å². The lowest BCUT2D eigenvalue weighted by molar-refractivity contribution is 0.0602. The molecule has 0 unspecified atom stereocenters. The van der Waals surface area contributed by atoms with Gasteiger partial charge in [-0.25, -0.2) is 4.79 Å². The molecule has 1 aromatic rings.